The maximum absolute atomic E-state index is 12.7. The van der Waals surface area contributed by atoms with Crippen LogP contribution in [0.25, 0.3) is 0 Å². The Labute approximate surface area is 282 Å². The first kappa shape index (κ1) is 38.1. The number of anilines is 1. The van der Waals surface area contributed by atoms with Crippen LogP contribution in [0.1, 0.15) is 123 Å². The third-order valence-electron chi connectivity index (χ3n) is 7.87. The number of ether oxygens (including phenoxy) is 2. The lowest BCUT2D eigenvalue weighted by Crippen LogP contribution is -2.20. The van der Waals surface area contributed by atoms with Crippen LogP contribution in [0, 0.1) is 0 Å². The fourth-order valence-electron chi connectivity index (χ4n) is 5.21. The quantitative estimate of drug-likeness (QED) is 0.140. The van der Waals surface area contributed by atoms with Crippen LogP contribution in [0.3, 0.4) is 0 Å². The van der Waals surface area contributed by atoms with Crippen LogP contribution in [0.4, 0.5) is 5.69 Å². The molecular formula is C37H57BrN2O3S. The van der Waals surface area contributed by atoms with E-state index in [0.717, 1.165) is 30.3 Å². The molecule has 0 aliphatic carbocycles. The van der Waals surface area contributed by atoms with Crippen molar-refractivity contribution in [2.75, 3.05) is 24.4 Å². The standard InChI is InChI=1S/C37H56N2O3S.BrH/c1-6-7-8-9-10-11-12-13-14-15-16-17-24-41-35-25-32(37(3,4)5)20-23-34(35)42-28-36(40)38-33-21-18-31(19-22-33)27-39-26-30(2)43-29-39;/h18-23,25-26H,6-17,24,27-29H2,1-5H3,(H,38,40);1H. The van der Waals surface area contributed by atoms with Gasteiger partial charge < -0.3 is 19.7 Å². The van der Waals surface area contributed by atoms with E-state index in [1.54, 1.807) is 0 Å². The Morgan fingerprint density at radius 1 is 0.841 bits per heavy atom. The normalized spacial score (nSPS) is 12.9. The zero-order valence-corrected chi connectivity index (χ0v) is 30.5. The average Bonchev–Trinajstić information content (AvgIpc) is 3.39. The molecule has 44 heavy (non-hydrogen) atoms. The Morgan fingerprint density at radius 3 is 2.02 bits per heavy atom. The van der Waals surface area contributed by atoms with Gasteiger partial charge in [-0.3, -0.25) is 4.79 Å². The van der Waals surface area contributed by atoms with Gasteiger partial charge in [-0.25, -0.2) is 0 Å². The van der Waals surface area contributed by atoms with Crippen molar-refractivity contribution in [1.29, 1.82) is 0 Å². The number of halogens is 1. The summed E-state index contributed by atoms with van der Waals surface area (Å²) in [4.78, 5) is 16.4. The maximum Gasteiger partial charge on any atom is 0.262 e. The summed E-state index contributed by atoms with van der Waals surface area (Å²) in [5.41, 5.74) is 3.17. The van der Waals surface area contributed by atoms with Crippen molar-refractivity contribution in [1.82, 2.24) is 4.90 Å². The molecule has 1 amide bonds. The SMILES string of the molecule is Br.CCCCCCCCCCCCCCOc1cc(C(C)(C)C)ccc1OCC(=O)Nc1ccc(CN2C=C(C)SC2)cc1. The molecule has 0 fully saturated rings. The lowest BCUT2D eigenvalue weighted by molar-refractivity contribution is -0.118. The van der Waals surface area contributed by atoms with E-state index in [9.17, 15) is 4.79 Å². The van der Waals surface area contributed by atoms with Gasteiger partial charge in [-0.2, -0.15) is 0 Å². The van der Waals surface area contributed by atoms with E-state index in [1.807, 2.05) is 30.0 Å². The Balaban J connectivity index is 0.00000675. The Bertz CT molecular complexity index is 1130. The van der Waals surface area contributed by atoms with Gasteiger partial charge in [0.15, 0.2) is 18.1 Å². The molecule has 246 valence electrons. The minimum Gasteiger partial charge on any atom is -0.490 e. The molecule has 0 aromatic heterocycles. The van der Waals surface area contributed by atoms with E-state index in [-0.39, 0.29) is 34.9 Å². The van der Waals surface area contributed by atoms with Gasteiger partial charge >= 0.3 is 0 Å². The summed E-state index contributed by atoms with van der Waals surface area (Å²) >= 11 is 1.86. The number of allylic oxidation sites excluding steroid dienone is 1. The molecule has 0 bridgehead atoms. The Morgan fingerprint density at radius 2 is 1.45 bits per heavy atom. The van der Waals surface area contributed by atoms with Gasteiger partial charge in [-0.05, 0) is 59.1 Å². The van der Waals surface area contributed by atoms with E-state index in [2.05, 4.69) is 75.3 Å². The first-order valence-corrected chi connectivity index (χ1v) is 17.6. The summed E-state index contributed by atoms with van der Waals surface area (Å²) in [6.07, 6.45) is 18.0. The third-order valence-corrected chi connectivity index (χ3v) is 8.89. The van der Waals surface area contributed by atoms with Crippen LogP contribution in [0.15, 0.2) is 53.6 Å². The van der Waals surface area contributed by atoms with Crippen molar-refractivity contribution in [3.05, 3.63) is 64.7 Å². The van der Waals surface area contributed by atoms with Crippen molar-refractivity contribution in [3.63, 3.8) is 0 Å². The molecule has 0 atom stereocenters. The first-order chi connectivity index (χ1) is 20.7. The number of thioether (sulfide) groups is 1. The molecule has 3 rings (SSSR count). The van der Waals surface area contributed by atoms with E-state index >= 15 is 0 Å². The lowest BCUT2D eigenvalue weighted by atomic mass is 9.87. The monoisotopic (exact) mass is 688 g/mol. The number of unbranched alkanes of at least 4 members (excludes halogenated alkanes) is 11. The zero-order chi connectivity index (χ0) is 30.9. The Hall–Kier alpha value is -2.12. The summed E-state index contributed by atoms with van der Waals surface area (Å²) in [7, 11) is 0. The lowest BCUT2D eigenvalue weighted by Gasteiger charge is -2.21. The third kappa shape index (κ3) is 14.8. The van der Waals surface area contributed by atoms with Crippen LogP contribution >= 0.6 is 28.7 Å². The molecule has 2 aromatic carbocycles. The first-order valence-electron chi connectivity index (χ1n) is 16.6. The molecule has 0 saturated carbocycles. The van der Waals surface area contributed by atoms with Crippen LogP contribution in [0.5, 0.6) is 11.5 Å². The molecule has 2 aromatic rings. The molecule has 0 radical (unpaired) electrons. The highest BCUT2D eigenvalue weighted by Crippen LogP contribution is 2.34. The molecule has 0 spiro atoms. The number of hydrogen-bond donors (Lipinski definition) is 1. The summed E-state index contributed by atoms with van der Waals surface area (Å²) in [5.74, 6) is 2.14. The van der Waals surface area contributed by atoms with Crippen molar-refractivity contribution in [2.45, 2.75) is 124 Å². The largest absolute Gasteiger partial charge is 0.490 e. The van der Waals surface area contributed by atoms with E-state index in [0.29, 0.717) is 12.4 Å². The molecule has 1 aliphatic heterocycles. The number of benzene rings is 2. The van der Waals surface area contributed by atoms with Crippen LogP contribution < -0.4 is 14.8 Å². The number of carbonyl (C=O) groups excluding carboxylic acids is 1. The smallest absolute Gasteiger partial charge is 0.262 e. The minimum atomic E-state index is -0.186. The molecule has 1 aliphatic rings. The van der Waals surface area contributed by atoms with E-state index in [4.69, 9.17) is 9.47 Å². The number of rotatable bonds is 20. The highest BCUT2D eigenvalue weighted by molar-refractivity contribution is 8.93. The molecule has 1 N–H and O–H groups in total. The molecular weight excluding hydrogens is 632 g/mol. The second-order valence-electron chi connectivity index (χ2n) is 12.9. The molecule has 5 nitrogen and oxygen atoms in total. The number of carbonyl (C=O) groups is 1. The number of amides is 1. The van der Waals surface area contributed by atoms with Crippen LogP contribution in [0.2, 0.25) is 0 Å². The fraction of sp³-hybridized carbons (Fsp3) is 0.595. The topological polar surface area (TPSA) is 50.8 Å². The van der Waals surface area contributed by atoms with Gasteiger partial charge in [0, 0.05) is 18.4 Å². The van der Waals surface area contributed by atoms with Crippen molar-refractivity contribution < 1.29 is 14.3 Å². The number of nitrogens with zero attached hydrogens (tertiary/aromatic N) is 1. The summed E-state index contributed by atoms with van der Waals surface area (Å²) < 4.78 is 12.2. The average molecular weight is 690 g/mol. The summed E-state index contributed by atoms with van der Waals surface area (Å²) in [6.45, 7) is 12.5. The molecule has 0 unspecified atom stereocenters. The van der Waals surface area contributed by atoms with Crippen molar-refractivity contribution >= 4 is 40.3 Å². The van der Waals surface area contributed by atoms with Gasteiger partial charge in [0.05, 0.1) is 12.5 Å². The highest BCUT2D eigenvalue weighted by Gasteiger charge is 2.18. The number of hydrogen-bond acceptors (Lipinski definition) is 5. The van der Waals surface area contributed by atoms with Crippen LogP contribution in [-0.2, 0) is 16.8 Å². The second kappa shape index (κ2) is 20.8. The summed E-state index contributed by atoms with van der Waals surface area (Å²) in [5, 5.41) is 2.96. The van der Waals surface area contributed by atoms with E-state index in [1.165, 1.54) is 86.7 Å². The predicted molar refractivity (Wildman–Crippen MR) is 194 cm³/mol. The van der Waals surface area contributed by atoms with Crippen molar-refractivity contribution in [3.8, 4) is 11.5 Å². The van der Waals surface area contributed by atoms with Gasteiger partial charge in [0.2, 0.25) is 0 Å². The number of nitrogens with one attached hydrogen (secondary N) is 1. The van der Waals surface area contributed by atoms with Gasteiger partial charge in [0.25, 0.3) is 5.91 Å². The second-order valence-corrected chi connectivity index (χ2v) is 14.1. The molecule has 1 heterocycles. The minimum absolute atomic E-state index is 0. The zero-order valence-electron chi connectivity index (χ0n) is 27.9. The fourth-order valence-corrected chi connectivity index (χ4v) is 5.97. The summed E-state index contributed by atoms with van der Waals surface area (Å²) in [6, 6.07) is 14.1. The van der Waals surface area contributed by atoms with E-state index < -0.39 is 0 Å². The molecule has 7 heteroatoms. The Kier molecular flexibility index (Phi) is 18.0. The van der Waals surface area contributed by atoms with Crippen molar-refractivity contribution in [2.24, 2.45) is 0 Å². The highest BCUT2D eigenvalue weighted by atomic mass is 79.9. The van der Waals surface area contributed by atoms with Crippen LogP contribution in [-0.4, -0.2) is 29.9 Å². The van der Waals surface area contributed by atoms with Gasteiger partial charge in [0.1, 0.15) is 0 Å². The van der Waals surface area contributed by atoms with Gasteiger partial charge in [-0.1, -0.05) is 117 Å². The predicted octanol–water partition coefficient (Wildman–Crippen LogP) is 11.0. The molecule has 0 saturated heterocycles. The maximum atomic E-state index is 12.7. The van der Waals surface area contributed by atoms with Gasteiger partial charge in [-0.15, -0.1) is 28.7 Å².